The third kappa shape index (κ3) is 2.47. The zero-order valence-corrected chi connectivity index (χ0v) is 8.73. The van der Waals surface area contributed by atoms with Gasteiger partial charge in [-0.2, -0.15) is 0 Å². The fourth-order valence-electron chi connectivity index (χ4n) is 1.81. The summed E-state index contributed by atoms with van der Waals surface area (Å²) < 4.78 is 22.2. The van der Waals surface area contributed by atoms with Crippen LogP contribution >= 0.6 is 0 Å². The quantitative estimate of drug-likeness (QED) is 0.666. The van der Waals surface area contributed by atoms with Gasteiger partial charge < -0.3 is 0 Å². The normalized spacial score (nSPS) is 26.8. The molecule has 1 aliphatic rings. The number of rotatable bonds is 2. The molecule has 0 bridgehead atoms. The Hall–Kier alpha value is -0.0500. The molecule has 1 atom stereocenters. The van der Waals surface area contributed by atoms with E-state index in [-0.39, 0.29) is 0 Å². The van der Waals surface area contributed by atoms with E-state index in [9.17, 15) is 8.42 Å². The van der Waals surface area contributed by atoms with Crippen molar-refractivity contribution in [3.63, 3.8) is 0 Å². The van der Waals surface area contributed by atoms with Crippen molar-refractivity contribution >= 4 is 9.84 Å². The zero-order chi connectivity index (χ0) is 9.19. The molecule has 1 unspecified atom stereocenters. The summed E-state index contributed by atoms with van der Waals surface area (Å²) in [6.07, 6.45) is 2.94. The molecule has 0 aromatic rings. The van der Waals surface area contributed by atoms with Gasteiger partial charge in [0.25, 0.3) is 0 Å². The molecule has 0 aromatic carbocycles. The van der Waals surface area contributed by atoms with Crippen LogP contribution in [0.3, 0.4) is 0 Å². The van der Waals surface area contributed by atoms with Crippen LogP contribution in [-0.4, -0.2) is 19.9 Å². The van der Waals surface area contributed by atoms with Crippen LogP contribution in [0.2, 0.25) is 0 Å². The maximum atomic E-state index is 11.1. The summed E-state index contributed by atoms with van der Waals surface area (Å²) in [5.74, 6) is 2.18. The van der Waals surface area contributed by atoms with E-state index in [0.29, 0.717) is 23.3 Å². The van der Waals surface area contributed by atoms with Gasteiger partial charge in [-0.1, -0.05) is 20.3 Å². The molecule has 1 aliphatic heterocycles. The second-order valence-corrected chi connectivity index (χ2v) is 6.18. The minimum atomic E-state index is -2.66. The lowest BCUT2D eigenvalue weighted by Crippen LogP contribution is -2.26. The third-order valence-corrected chi connectivity index (χ3v) is 4.76. The second-order valence-electron chi connectivity index (χ2n) is 3.87. The maximum Gasteiger partial charge on any atom is 0.150 e. The van der Waals surface area contributed by atoms with Gasteiger partial charge in [0.1, 0.15) is 9.84 Å². The lowest BCUT2D eigenvalue weighted by Gasteiger charge is -2.26. The SMILES string of the molecule is CCC(C)C1CCS(=O)(=O)CC1. The first-order valence-corrected chi connectivity index (χ1v) is 6.57. The molecule has 3 heteroatoms. The van der Waals surface area contributed by atoms with Gasteiger partial charge in [0.15, 0.2) is 0 Å². The standard InChI is InChI=1S/C9H18O2S/c1-3-8(2)9-4-6-12(10,11)7-5-9/h8-9H,3-7H2,1-2H3. The summed E-state index contributed by atoms with van der Waals surface area (Å²) in [4.78, 5) is 0. The average molecular weight is 190 g/mol. The van der Waals surface area contributed by atoms with Gasteiger partial charge in [0.2, 0.25) is 0 Å². The van der Waals surface area contributed by atoms with Crippen LogP contribution in [0.4, 0.5) is 0 Å². The van der Waals surface area contributed by atoms with Crippen LogP contribution in [0.15, 0.2) is 0 Å². The molecule has 2 nitrogen and oxygen atoms in total. The molecular formula is C9H18O2S. The topological polar surface area (TPSA) is 34.1 Å². The molecule has 0 radical (unpaired) electrons. The van der Waals surface area contributed by atoms with E-state index in [1.54, 1.807) is 0 Å². The minimum Gasteiger partial charge on any atom is -0.229 e. The van der Waals surface area contributed by atoms with Crippen molar-refractivity contribution in [2.45, 2.75) is 33.1 Å². The Kier molecular flexibility index (Phi) is 3.16. The van der Waals surface area contributed by atoms with Crippen molar-refractivity contribution in [3.8, 4) is 0 Å². The highest BCUT2D eigenvalue weighted by Gasteiger charge is 2.26. The molecule has 0 amide bonds. The fraction of sp³-hybridized carbons (Fsp3) is 1.00. The van der Waals surface area contributed by atoms with Gasteiger partial charge in [-0.25, -0.2) is 8.42 Å². The highest BCUT2D eigenvalue weighted by Crippen LogP contribution is 2.27. The summed E-state index contributed by atoms with van der Waals surface area (Å²) >= 11 is 0. The van der Waals surface area contributed by atoms with E-state index in [1.807, 2.05) is 0 Å². The molecule has 0 N–H and O–H groups in total. The largest absolute Gasteiger partial charge is 0.229 e. The number of hydrogen-bond acceptors (Lipinski definition) is 2. The monoisotopic (exact) mass is 190 g/mol. The summed E-state index contributed by atoms with van der Waals surface area (Å²) in [6, 6.07) is 0. The van der Waals surface area contributed by atoms with Crippen LogP contribution in [-0.2, 0) is 9.84 Å². The molecule has 0 aromatic heterocycles. The smallest absolute Gasteiger partial charge is 0.150 e. The van der Waals surface area contributed by atoms with Crippen LogP contribution in [0.25, 0.3) is 0 Å². The maximum absolute atomic E-state index is 11.1. The summed E-state index contributed by atoms with van der Waals surface area (Å²) in [5, 5.41) is 0. The van der Waals surface area contributed by atoms with Gasteiger partial charge in [0.05, 0.1) is 11.5 Å². The Bertz CT molecular complexity index is 217. The Balaban J connectivity index is 2.46. The molecule has 72 valence electrons. The first-order chi connectivity index (χ1) is 5.55. The van der Waals surface area contributed by atoms with Crippen molar-refractivity contribution in [1.29, 1.82) is 0 Å². The highest BCUT2D eigenvalue weighted by atomic mass is 32.2. The molecule has 0 spiro atoms. The van der Waals surface area contributed by atoms with Gasteiger partial charge >= 0.3 is 0 Å². The number of sulfone groups is 1. The lowest BCUT2D eigenvalue weighted by atomic mass is 9.87. The summed E-state index contributed by atoms with van der Waals surface area (Å²) in [7, 11) is -2.66. The minimum absolute atomic E-state index is 0.419. The zero-order valence-electron chi connectivity index (χ0n) is 7.91. The van der Waals surface area contributed by atoms with Crippen LogP contribution in [0.5, 0.6) is 0 Å². The molecule has 1 fully saturated rings. The van der Waals surface area contributed by atoms with Crippen molar-refractivity contribution in [2.75, 3.05) is 11.5 Å². The fourth-order valence-corrected chi connectivity index (χ4v) is 3.34. The molecule has 12 heavy (non-hydrogen) atoms. The molecule has 0 aliphatic carbocycles. The van der Waals surface area contributed by atoms with E-state index >= 15 is 0 Å². The van der Waals surface area contributed by atoms with Crippen molar-refractivity contribution < 1.29 is 8.42 Å². The number of hydrogen-bond donors (Lipinski definition) is 0. The molecule has 1 heterocycles. The molecule has 0 saturated carbocycles. The van der Waals surface area contributed by atoms with Gasteiger partial charge in [0, 0.05) is 0 Å². The Labute approximate surface area is 75.3 Å². The molecular weight excluding hydrogens is 172 g/mol. The Morgan fingerprint density at radius 1 is 1.33 bits per heavy atom. The first-order valence-electron chi connectivity index (χ1n) is 4.75. The summed E-state index contributed by atoms with van der Waals surface area (Å²) in [6.45, 7) is 4.40. The van der Waals surface area contributed by atoms with E-state index in [0.717, 1.165) is 12.8 Å². The predicted molar refractivity (Wildman–Crippen MR) is 50.8 cm³/mol. The van der Waals surface area contributed by atoms with Crippen molar-refractivity contribution in [3.05, 3.63) is 0 Å². The Morgan fingerprint density at radius 2 is 1.83 bits per heavy atom. The van der Waals surface area contributed by atoms with Crippen molar-refractivity contribution in [1.82, 2.24) is 0 Å². The average Bonchev–Trinajstić information content (AvgIpc) is 2.03. The van der Waals surface area contributed by atoms with Crippen LogP contribution in [0.1, 0.15) is 33.1 Å². The highest BCUT2D eigenvalue weighted by molar-refractivity contribution is 7.91. The molecule has 1 rings (SSSR count). The van der Waals surface area contributed by atoms with E-state index in [1.165, 1.54) is 6.42 Å². The van der Waals surface area contributed by atoms with Crippen LogP contribution in [0, 0.1) is 11.8 Å². The molecule has 1 saturated heterocycles. The van der Waals surface area contributed by atoms with E-state index in [2.05, 4.69) is 13.8 Å². The third-order valence-electron chi connectivity index (χ3n) is 3.05. The van der Waals surface area contributed by atoms with Crippen molar-refractivity contribution in [2.24, 2.45) is 11.8 Å². The first kappa shape index (κ1) is 10.0. The van der Waals surface area contributed by atoms with E-state index < -0.39 is 9.84 Å². The predicted octanol–water partition coefficient (Wildman–Crippen LogP) is 1.86. The van der Waals surface area contributed by atoms with Gasteiger partial charge in [-0.05, 0) is 24.7 Å². The lowest BCUT2D eigenvalue weighted by molar-refractivity contribution is 0.321. The summed E-state index contributed by atoms with van der Waals surface area (Å²) in [5.41, 5.74) is 0. The Morgan fingerprint density at radius 3 is 2.25 bits per heavy atom. The van der Waals surface area contributed by atoms with Crippen LogP contribution < -0.4 is 0 Å². The van der Waals surface area contributed by atoms with Gasteiger partial charge in [-0.3, -0.25) is 0 Å². The second kappa shape index (κ2) is 3.77. The van der Waals surface area contributed by atoms with E-state index in [4.69, 9.17) is 0 Å². The van der Waals surface area contributed by atoms with Gasteiger partial charge in [-0.15, -0.1) is 0 Å².